The number of carbonyl (C=O) groups excluding carboxylic acids is 1. The summed E-state index contributed by atoms with van der Waals surface area (Å²) in [6.07, 6.45) is 6.55. The molecule has 2 aromatic carbocycles. The van der Waals surface area contributed by atoms with Gasteiger partial charge in [-0.2, -0.15) is 0 Å². The first kappa shape index (κ1) is 17.7. The Morgan fingerprint density at radius 2 is 1.59 bits per heavy atom. The van der Waals surface area contributed by atoms with Crippen molar-refractivity contribution in [3.05, 3.63) is 76.4 Å². The number of benzene rings is 2. The van der Waals surface area contributed by atoms with Crippen LogP contribution in [-0.4, -0.2) is 36.9 Å². The number of ether oxygens (including phenoxy) is 1. The van der Waals surface area contributed by atoms with E-state index in [0.29, 0.717) is 6.04 Å². The van der Waals surface area contributed by atoms with Crippen molar-refractivity contribution in [2.75, 3.05) is 20.2 Å². The maximum atomic E-state index is 13.2. The molecule has 1 aliphatic heterocycles. The summed E-state index contributed by atoms with van der Waals surface area (Å²) in [4.78, 5) is 15.6. The molecule has 2 fully saturated rings. The smallest absolute Gasteiger partial charge is 0.187 e. The fraction of sp³-hybridized carbons (Fsp3) is 0.292. The van der Waals surface area contributed by atoms with Crippen LogP contribution in [0.5, 0.6) is 5.75 Å². The predicted molar refractivity (Wildman–Crippen MR) is 110 cm³/mol. The Labute approximate surface area is 161 Å². The zero-order valence-electron chi connectivity index (χ0n) is 15.9. The molecule has 1 aliphatic carbocycles. The Balaban J connectivity index is 1.68. The van der Waals surface area contributed by atoms with Crippen LogP contribution in [0.3, 0.4) is 0 Å². The third-order valence-electron chi connectivity index (χ3n) is 5.21. The van der Waals surface area contributed by atoms with Gasteiger partial charge in [0.2, 0.25) is 0 Å². The van der Waals surface area contributed by atoms with E-state index in [1.54, 1.807) is 7.11 Å². The SMILES string of the molecule is COc1cccc(/C=C2\CN(C3CC3)C/C(=C\c3cccc(C)c3)C2=O)c1. The van der Waals surface area contributed by atoms with Crippen molar-refractivity contribution in [2.45, 2.75) is 25.8 Å². The van der Waals surface area contributed by atoms with E-state index in [9.17, 15) is 4.79 Å². The molecule has 2 aromatic rings. The standard InChI is InChI=1S/C24H25NO2/c1-17-5-3-6-18(11-17)12-20-15-25(22-9-10-22)16-21(24(20)26)13-19-7-4-8-23(14-19)27-2/h3-8,11-14,22H,9-10,15-16H2,1-2H3/b20-12+,21-13+. The quantitative estimate of drug-likeness (QED) is 0.752. The van der Waals surface area contributed by atoms with Gasteiger partial charge in [-0.15, -0.1) is 0 Å². The number of ketones is 1. The van der Waals surface area contributed by atoms with Gasteiger partial charge in [0.15, 0.2) is 5.78 Å². The molecular weight excluding hydrogens is 334 g/mol. The normalized spacial score (nSPS) is 21.0. The van der Waals surface area contributed by atoms with Gasteiger partial charge < -0.3 is 4.74 Å². The van der Waals surface area contributed by atoms with Crippen molar-refractivity contribution < 1.29 is 9.53 Å². The largest absolute Gasteiger partial charge is 0.497 e. The molecule has 1 heterocycles. The Hall–Kier alpha value is -2.65. The third kappa shape index (κ3) is 4.20. The number of rotatable bonds is 4. The molecule has 0 bridgehead atoms. The summed E-state index contributed by atoms with van der Waals surface area (Å²) in [6, 6.07) is 16.8. The third-order valence-corrected chi connectivity index (χ3v) is 5.21. The van der Waals surface area contributed by atoms with Crippen molar-refractivity contribution in [2.24, 2.45) is 0 Å². The molecule has 138 valence electrons. The van der Waals surface area contributed by atoms with Crippen LogP contribution in [0.25, 0.3) is 12.2 Å². The van der Waals surface area contributed by atoms with Gasteiger partial charge in [0.25, 0.3) is 0 Å². The van der Waals surface area contributed by atoms with Gasteiger partial charge in [0, 0.05) is 30.3 Å². The first-order valence-electron chi connectivity index (χ1n) is 9.53. The second-order valence-corrected chi connectivity index (χ2v) is 7.50. The lowest BCUT2D eigenvalue weighted by Gasteiger charge is -2.29. The summed E-state index contributed by atoms with van der Waals surface area (Å²) in [6.45, 7) is 3.55. The summed E-state index contributed by atoms with van der Waals surface area (Å²) >= 11 is 0. The van der Waals surface area contributed by atoms with Crippen LogP contribution in [0.2, 0.25) is 0 Å². The highest BCUT2D eigenvalue weighted by Gasteiger charge is 2.35. The van der Waals surface area contributed by atoms with E-state index in [1.807, 2.05) is 36.4 Å². The minimum Gasteiger partial charge on any atom is -0.497 e. The lowest BCUT2D eigenvalue weighted by Crippen LogP contribution is -2.39. The van der Waals surface area contributed by atoms with Gasteiger partial charge in [-0.05, 0) is 55.2 Å². The van der Waals surface area contributed by atoms with Crippen molar-refractivity contribution in [3.63, 3.8) is 0 Å². The van der Waals surface area contributed by atoms with Crippen LogP contribution < -0.4 is 4.74 Å². The number of Topliss-reactive ketones (excluding diaryl/α,β-unsaturated/α-hetero) is 1. The maximum absolute atomic E-state index is 13.2. The van der Waals surface area contributed by atoms with Gasteiger partial charge in [-0.3, -0.25) is 9.69 Å². The van der Waals surface area contributed by atoms with Crippen molar-refractivity contribution in [1.29, 1.82) is 0 Å². The Morgan fingerprint density at radius 3 is 2.19 bits per heavy atom. The number of piperidine rings is 1. The minimum atomic E-state index is 0.163. The number of hydrogen-bond donors (Lipinski definition) is 0. The van der Waals surface area contributed by atoms with Gasteiger partial charge >= 0.3 is 0 Å². The molecule has 0 unspecified atom stereocenters. The number of carbonyl (C=O) groups is 1. The molecule has 2 aliphatic rings. The van der Waals surface area contributed by atoms with E-state index in [-0.39, 0.29) is 5.78 Å². The second kappa shape index (κ2) is 7.53. The van der Waals surface area contributed by atoms with Crippen LogP contribution in [0.4, 0.5) is 0 Å². The maximum Gasteiger partial charge on any atom is 0.187 e. The predicted octanol–water partition coefficient (Wildman–Crippen LogP) is 4.52. The highest BCUT2D eigenvalue weighted by Crippen LogP contribution is 2.32. The summed E-state index contributed by atoms with van der Waals surface area (Å²) in [7, 11) is 1.66. The Morgan fingerprint density at radius 1 is 0.963 bits per heavy atom. The molecular formula is C24H25NO2. The molecule has 1 saturated carbocycles. The number of nitrogens with zero attached hydrogens (tertiary/aromatic N) is 1. The van der Waals surface area contributed by atoms with Crippen LogP contribution in [0.15, 0.2) is 59.7 Å². The fourth-order valence-electron chi connectivity index (χ4n) is 3.66. The number of hydrogen-bond acceptors (Lipinski definition) is 3. The minimum absolute atomic E-state index is 0.163. The highest BCUT2D eigenvalue weighted by molar-refractivity contribution is 6.14. The van der Waals surface area contributed by atoms with Crippen molar-refractivity contribution in [1.82, 2.24) is 4.90 Å². The molecule has 0 radical (unpaired) electrons. The van der Waals surface area contributed by atoms with E-state index >= 15 is 0 Å². The van der Waals surface area contributed by atoms with E-state index in [0.717, 1.165) is 41.1 Å². The van der Waals surface area contributed by atoms with Crippen molar-refractivity contribution >= 4 is 17.9 Å². The van der Waals surface area contributed by atoms with Crippen LogP contribution in [0, 0.1) is 6.92 Å². The summed E-state index contributed by atoms with van der Waals surface area (Å²) < 4.78 is 5.32. The second-order valence-electron chi connectivity index (χ2n) is 7.50. The molecule has 3 nitrogen and oxygen atoms in total. The Bertz CT molecular complexity index is 921. The summed E-state index contributed by atoms with van der Waals surface area (Å²) in [5.74, 6) is 0.971. The summed E-state index contributed by atoms with van der Waals surface area (Å²) in [5, 5.41) is 0. The molecule has 1 saturated heterocycles. The monoisotopic (exact) mass is 359 g/mol. The zero-order chi connectivity index (χ0) is 18.8. The molecule has 0 atom stereocenters. The van der Waals surface area contributed by atoms with E-state index in [4.69, 9.17) is 4.74 Å². The average molecular weight is 359 g/mol. The van der Waals surface area contributed by atoms with Gasteiger partial charge in [-0.1, -0.05) is 42.0 Å². The van der Waals surface area contributed by atoms with E-state index in [1.165, 1.54) is 18.4 Å². The van der Waals surface area contributed by atoms with E-state index in [2.05, 4.69) is 36.1 Å². The average Bonchev–Trinajstić information content (AvgIpc) is 3.50. The van der Waals surface area contributed by atoms with Crippen LogP contribution in [-0.2, 0) is 4.79 Å². The highest BCUT2D eigenvalue weighted by atomic mass is 16.5. The molecule has 3 heteroatoms. The first-order valence-corrected chi connectivity index (χ1v) is 9.53. The number of methoxy groups -OCH3 is 1. The van der Waals surface area contributed by atoms with E-state index < -0.39 is 0 Å². The molecule has 0 N–H and O–H groups in total. The zero-order valence-corrected chi connectivity index (χ0v) is 15.9. The molecule has 0 amide bonds. The van der Waals surface area contributed by atoms with Gasteiger partial charge in [0.1, 0.15) is 5.75 Å². The fourth-order valence-corrected chi connectivity index (χ4v) is 3.66. The first-order chi connectivity index (χ1) is 13.1. The lowest BCUT2D eigenvalue weighted by atomic mass is 9.94. The van der Waals surface area contributed by atoms with Gasteiger partial charge in [0.05, 0.1) is 7.11 Å². The number of aryl methyl sites for hydroxylation is 1. The molecule has 4 rings (SSSR count). The molecule has 0 spiro atoms. The topological polar surface area (TPSA) is 29.5 Å². The Kier molecular flexibility index (Phi) is 4.95. The van der Waals surface area contributed by atoms with Gasteiger partial charge in [-0.25, -0.2) is 0 Å². The molecule has 0 aromatic heterocycles. The number of likely N-dealkylation sites (tertiary alicyclic amines) is 1. The lowest BCUT2D eigenvalue weighted by molar-refractivity contribution is -0.113. The molecule has 27 heavy (non-hydrogen) atoms. The van der Waals surface area contributed by atoms with Crippen LogP contribution >= 0.6 is 0 Å². The van der Waals surface area contributed by atoms with Crippen LogP contribution in [0.1, 0.15) is 29.5 Å². The van der Waals surface area contributed by atoms with Crippen molar-refractivity contribution in [3.8, 4) is 5.75 Å². The summed E-state index contributed by atoms with van der Waals surface area (Å²) in [5.41, 5.74) is 5.05.